The van der Waals surface area contributed by atoms with Gasteiger partial charge in [0.15, 0.2) is 0 Å². The maximum atomic E-state index is 13.8. The van der Waals surface area contributed by atoms with Crippen molar-refractivity contribution < 1.29 is 9.18 Å². The Hall–Kier alpha value is -2.75. The lowest BCUT2D eigenvalue weighted by Crippen LogP contribution is -2.30. The number of allylic oxidation sites excluding steroid dienone is 1. The zero-order chi connectivity index (χ0) is 18.1. The Labute approximate surface area is 152 Å². The Kier molecular flexibility index (Phi) is 4.41. The molecular weight excluding hydrogens is 327 g/mol. The number of rotatable bonds is 4. The average Bonchev–Trinajstić information content (AvgIpc) is 3.36. The zero-order valence-electron chi connectivity index (χ0n) is 14.8. The summed E-state index contributed by atoms with van der Waals surface area (Å²) in [6.07, 6.45) is 4.02. The number of halogens is 1. The normalized spacial score (nSPS) is 16.6. The Morgan fingerprint density at radius 3 is 2.58 bits per heavy atom. The summed E-state index contributed by atoms with van der Waals surface area (Å²) in [7, 11) is 0. The molecule has 1 saturated carbocycles. The maximum Gasteiger partial charge on any atom is 0.259 e. The van der Waals surface area contributed by atoms with Crippen molar-refractivity contribution in [2.45, 2.75) is 32.6 Å². The molecule has 26 heavy (non-hydrogen) atoms. The number of carbonyl (C=O) groups excluding carboxylic acids is 1. The molecule has 0 saturated heterocycles. The second-order valence-corrected chi connectivity index (χ2v) is 7.11. The molecule has 0 radical (unpaired) electrons. The first kappa shape index (κ1) is 16.7. The van der Waals surface area contributed by atoms with Crippen LogP contribution in [0.25, 0.3) is 5.57 Å². The molecule has 1 heterocycles. The molecule has 1 N–H and O–H groups in total. The van der Waals surface area contributed by atoms with Crippen molar-refractivity contribution in [3.05, 3.63) is 76.7 Å². The molecule has 2 aromatic rings. The molecule has 0 bridgehead atoms. The van der Waals surface area contributed by atoms with Gasteiger partial charge in [-0.15, -0.1) is 0 Å². The minimum atomic E-state index is -0.520. The van der Waals surface area contributed by atoms with Gasteiger partial charge in [-0.05, 0) is 55.4 Å². The van der Waals surface area contributed by atoms with Crippen LogP contribution in [0.5, 0.6) is 0 Å². The number of carbonyl (C=O) groups is 1. The lowest BCUT2D eigenvalue weighted by molar-refractivity contribution is 0.0973. The fraction of sp³-hybridized carbons (Fsp3) is 0.273. The average molecular weight is 348 g/mol. The molecule has 0 spiro atoms. The largest absolute Gasteiger partial charge is 0.310 e. The van der Waals surface area contributed by atoms with Crippen molar-refractivity contribution in [2.75, 3.05) is 0 Å². The van der Waals surface area contributed by atoms with Gasteiger partial charge in [-0.3, -0.25) is 4.79 Å². The lowest BCUT2D eigenvalue weighted by Gasteiger charge is -2.08. The fourth-order valence-electron chi connectivity index (χ4n) is 3.24. The second-order valence-electron chi connectivity index (χ2n) is 7.11. The van der Waals surface area contributed by atoms with Crippen LogP contribution in [0.4, 0.5) is 4.39 Å². The van der Waals surface area contributed by atoms with E-state index in [0.717, 1.165) is 17.7 Å². The first-order valence-corrected chi connectivity index (χ1v) is 9.02. The van der Waals surface area contributed by atoms with E-state index >= 15 is 0 Å². The van der Waals surface area contributed by atoms with Gasteiger partial charge in [-0.25, -0.2) is 9.38 Å². The summed E-state index contributed by atoms with van der Waals surface area (Å²) in [5.41, 5.74) is 4.62. The summed E-state index contributed by atoms with van der Waals surface area (Å²) >= 11 is 0. The molecule has 1 amide bonds. The SMILES string of the molecule is Cc1ccc(C2=C(CC3CC3)N=C(NC(=O)c3ccccc3F)C2)cc1. The first-order chi connectivity index (χ1) is 12.6. The highest BCUT2D eigenvalue weighted by atomic mass is 19.1. The predicted octanol–water partition coefficient (Wildman–Crippen LogP) is 4.88. The highest BCUT2D eigenvalue weighted by Gasteiger charge is 2.28. The van der Waals surface area contributed by atoms with Gasteiger partial charge in [-0.1, -0.05) is 42.0 Å². The smallest absolute Gasteiger partial charge is 0.259 e. The van der Waals surface area contributed by atoms with Crippen LogP contribution in [0.15, 0.2) is 59.2 Å². The minimum Gasteiger partial charge on any atom is -0.310 e. The highest BCUT2D eigenvalue weighted by molar-refractivity contribution is 6.11. The van der Waals surface area contributed by atoms with Crippen molar-refractivity contribution in [3.63, 3.8) is 0 Å². The zero-order valence-corrected chi connectivity index (χ0v) is 14.8. The summed E-state index contributed by atoms with van der Waals surface area (Å²) in [5, 5.41) is 2.80. The molecule has 3 nitrogen and oxygen atoms in total. The Morgan fingerprint density at radius 1 is 1.15 bits per heavy atom. The Bertz CT molecular complexity index is 908. The van der Waals surface area contributed by atoms with E-state index in [9.17, 15) is 9.18 Å². The van der Waals surface area contributed by atoms with E-state index < -0.39 is 11.7 Å². The van der Waals surface area contributed by atoms with E-state index in [4.69, 9.17) is 0 Å². The Morgan fingerprint density at radius 2 is 1.88 bits per heavy atom. The van der Waals surface area contributed by atoms with Crippen LogP contribution < -0.4 is 5.32 Å². The van der Waals surface area contributed by atoms with Crippen LogP contribution in [0, 0.1) is 18.7 Å². The molecule has 1 aliphatic carbocycles. The van der Waals surface area contributed by atoms with Gasteiger partial charge in [0.1, 0.15) is 11.7 Å². The molecule has 1 aliphatic heterocycles. The molecule has 0 atom stereocenters. The second kappa shape index (κ2) is 6.87. The number of benzene rings is 2. The van der Waals surface area contributed by atoms with Gasteiger partial charge in [0.05, 0.1) is 5.56 Å². The fourth-order valence-corrected chi connectivity index (χ4v) is 3.24. The van der Waals surface area contributed by atoms with Crippen LogP contribution in [-0.4, -0.2) is 11.7 Å². The maximum absolute atomic E-state index is 13.8. The van der Waals surface area contributed by atoms with E-state index in [0.29, 0.717) is 18.2 Å². The van der Waals surface area contributed by atoms with Crippen LogP contribution >= 0.6 is 0 Å². The minimum absolute atomic E-state index is 0.0442. The van der Waals surface area contributed by atoms with Crippen LogP contribution in [-0.2, 0) is 0 Å². The number of nitrogens with one attached hydrogen (secondary N) is 1. The van der Waals surface area contributed by atoms with Gasteiger partial charge in [0.2, 0.25) is 0 Å². The third kappa shape index (κ3) is 3.59. The third-order valence-electron chi connectivity index (χ3n) is 4.92. The lowest BCUT2D eigenvalue weighted by atomic mass is 9.99. The number of nitrogens with zero attached hydrogens (tertiary/aromatic N) is 1. The van der Waals surface area contributed by atoms with Gasteiger partial charge in [0.25, 0.3) is 5.91 Å². The number of hydrogen-bond donors (Lipinski definition) is 1. The summed E-state index contributed by atoms with van der Waals surface area (Å²) in [5.74, 6) is 0.339. The van der Waals surface area contributed by atoms with Crippen LogP contribution in [0.1, 0.15) is 47.2 Å². The van der Waals surface area contributed by atoms with E-state index in [1.165, 1.54) is 36.1 Å². The molecular formula is C22H21FN2O. The molecule has 4 rings (SSSR count). The summed E-state index contributed by atoms with van der Waals surface area (Å²) in [6.45, 7) is 2.06. The van der Waals surface area contributed by atoms with Crippen molar-refractivity contribution in [1.82, 2.24) is 5.32 Å². The van der Waals surface area contributed by atoms with Crippen LogP contribution in [0.3, 0.4) is 0 Å². The van der Waals surface area contributed by atoms with Crippen molar-refractivity contribution in [3.8, 4) is 0 Å². The molecule has 0 unspecified atom stereocenters. The van der Waals surface area contributed by atoms with Crippen molar-refractivity contribution in [2.24, 2.45) is 10.9 Å². The molecule has 4 heteroatoms. The standard InChI is InChI=1S/C22H21FN2O/c1-14-6-10-16(11-7-14)18-13-21(24-20(18)12-15-8-9-15)25-22(26)17-4-2-3-5-19(17)23/h2-7,10-11,15H,8-9,12-13H2,1H3,(H,24,25,26). The number of amidine groups is 1. The van der Waals surface area contributed by atoms with Gasteiger partial charge < -0.3 is 5.32 Å². The number of amides is 1. The molecule has 2 aliphatic rings. The summed E-state index contributed by atoms with van der Waals surface area (Å²) in [4.78, 5) is 17.1. The van der Waals surface area contributed by atoms with Gasteiger partial charge in [-0.2, -0.15) is 0 Å². The van der Waals surface area contributed by atoms with Crippen molar-refractivity contribution >= 4 is 17.3 Å². The quantitative estimate of drug-likeness (QED) is 0.841. The van der Waals surface area contributed by atoms with E-state index in [2.05, 4.69) is 41.5 Å². The molecule has 2 aromatic carbocycles. The summed E-state index contributed by atoms with van der Waals surface area (Å²) in [6, 6.07) is 14.4. The number of hydrogen-bond acceptors (Lipinski definition) is 2. The van der Waals surface area contributed by atoms with E-state index in [-0.39, 0.29) is 5.56 Å². The van der Waals surface area contributed by atoms with Gasteiger partial charge in [0, 0.05) is 12.1 Å². The van der Waals surface area contributed by atoms with E-state index in [1.807, 2.05) is 0 Å². The molecule has 0 aromatic heterocycles. The van der Waals surface area contributed by atoms with E-state index in [1.54, 1.807) is 12.1 Å². The Balaban J connectivity index is 1.55. The van der Waals surface area contributed by atoms with Gasteiger partial charge >= 0.3 is 0 Å². The highest BCUT2D eigenvalue weighted by Crippen LogP contribution is 2.40. The van der Waals surface area contributed by atoms with Crippen molar-refractivity contribution in [1.29, 1.82) is 0 Å². The monoisotopic (exact) mass is 348 g/mol. The topological polar surface area (TPSA) is 41.5 Å². The molecule has 132 valence electrons. The first-order valence-electron chi connectivity index (χ1n) is 9.02. The number of aliphatic imine (C=N–C) groups is 1. The molecule has 1 fully saturated rings. The summed E-state index contributed by atoms with van der Waals surface area (Å²) < 4.78 is 13.8. The third-order valence-corrected chi connectivity index (χ3v) is 4.92. The van der Waals surface area contributed by atoms with Crippen LogP contribution in [0.2, 0.25) is 0 Å². The predicted molar refractivity (Wildman–Crippen MR) is 101 cm³/mol. The number of aryl methyl sites for hydroxylation is 1.